The zero-order valence-corrected chi connectivity index (χ0v) is 13.4. The van der Waals surface area contributed by atoms with Gasteiger partial charge in [0.15, 0.2) is 0 Å². The Hall–Kier alpha value is -1.20. The minimum absolute atomic E-state index is 0.124. The van der Waals surface area contributed by atoms with Crippen molar-refractivity contribution in [2.45, 2.75) is 32.4 Å². The van der Waals surface area contributed by atoms with Crippen LogP contribution in [0, 0.1) is 0 Å². The van der Waals surface area contributed by atoms with Gasteiger partial charge in [-0.15, -0.1) is 0 Å². The van der Waals surface area contributed by atoms with Crippen molar-refractivity contribution in [3.05, 3.63) is 29.8 Å². The van der Waals surface area contributed by atoms with Gasteiger partial charge in [0.1, 0.15) is 0 Å². The molecule has 112 valence electrons. The van der Waals surface area contributed by atoms with Crippen LogP contribution in [0.25, 0.3) is 0 Å². The molecule has 0 bridgehead atoms. The Balaban J connectivity index is 2.63. The van der Waals surface area contributed by atoms with E-state index in [1.165, 1.54) is 0 Å². The molecule has 1 rings (SSSR count). The summed E-state index contributed by atoms with van der Waals surface area (Å²) >= 11 is 1.78. The van der Waals surface area contributed by atoms with Gasteiger partial charge in [0.2, 0.25) is 0 Å². The van der Waals surface area contributed by atoms with E-state index in [1.54, 1.807) is 36.7 Å². The second-order valence-electron chi connectivity index (χ2n) is 4.97. The summed E-state index contributed by atoms with van der Waals surface area (Å²) in [5.41, 5.74) is 1.50. The number of hydrogen-bond acceptors (Lipinski definition) is 3. The molecule has 5 heteroatoms. The van der Waals surface area contributed by atoms with E-state index in [-0.39, 0.29) is 12.1 Å². The van der Waals surface area contributed by atoms with Crippen molar-refractivity contribution < 1.29 is 9.90 Å². The number of carbonyl (C=O) groups excluding carboxylic acids is 1. The lowest BCUT2D eigenvalue weighted by Gasteiger charge is -2.25. The van der Waals surface area contributed by atoms with Gasteiger partial charge in [0.05, 0.1) is 6.10 Å². The summed E-state index contributed by atoms with van der Waals surface area (Å²) in [5.74, 6) is 1.04. The van der Waals surface area contributed by atoms with Crippen LogP contribution in [-0.4, -0.2) is 41.1 Å². The van der Waals surface area contributed by atoms with E-state index in [0.29, 0.717) is 5.69 Å². The molecule has 0 saturated carbocycles. The molecule has 0 aliphatic carbocycles. The van der Waals surface area contributed by atoms with Gasteiger partial charge in [-0.1, -0.05) is 12.1 Å². The molecule has 0 spiro atoms. The Morgan fingerprint density at radius 2 is 2.15 bits per heavy atom. The van der Waals surface area contributed by atoms with E-state index < -0.39 is 6.10 Å². The molecule has 2 N–H and O–H groups in total. The van der Waals surface area contributed by atoms with Gasteiger partial charge in [-0.05, 0) is 50.0 Å². The Morgan fingerprint density at radius 3 is 2.75 bits per heavy atom. The summed E-state index contributed by atoms with van der Waals surface area (Å²) in [4.78, 5) is 13.9. The third kappa shape index (κ3) is 5.06. The topological polar surface area (TPSA) is 52.6 Å². The third-order valence-corrected chi connectivity index (χ3v) is 3.99. The average Bonchev–Trinajstić information content (AvgIpc) is 2.44. The standard InChI is InChI=1S/C15H24N2O2S/c1-11(8-9-20-4)17(3)15(19)16-14-7-5-6-13(10-14)12(2)18/h5-7,10-12,18H,8-9H2,1-4H3,(H,16,19). The Bertz CT molecular complexity index is 438. The molecule has 0 aromatic heterocycles. The van der Waals surface area contributed by atoms with Crippen LogP contribution in [0.4, 0.5) is 10.5 Å². The normalized spacial score (nSPS) is 13.7. The molecule has 0 heterocycles. The highest BCUT2D eigenvalue weighted by molar-refractivity contribution is 7.98. The zero-order chi connectivity index (χ0) is 15.1. The number of nitrogens with one attached hydrogen (secondary N) is 1. The number of amides is 2. The maximum Gasteiger partial charge on any atom is 0.321 e. The van der Waals surface area contributed by atoms with Gasteiger partial charge in [-0.25, -0.2) is 4.79 Å². The van der Waals surface area contributed by atoms with Crippen molar-refractivity contribution in [1.29, 1.82) is 0 Å². The molecule has 0 fully saturated rings. The molecule has 20 heavy (non-hydrogen) atoms. The van der Waals surface area contributed by atoms with Crippen LogP contribution >= 0.6 is 11.8 Å². The highest BCUT2D eigenvalue weighted by Crippen LogP contribution is 2.17. The number of hydrogen-bond donors (Lipinski definition) is 2. The SMILES string of the molecule is CSCCC(C)N(C)C(=O)Nc1cccc(C(C)O)c1. The second-order valence-corrected chi connectivity index (χ2v) is 5.96. The molecule has 0 saturated heterocycles. The molecule has 1 aromatic carbocycles. The number of benzene rings is 1. The van der Waals surface area contributed by atoms with E-state index in [4.69, 9.17) is 0 Å². The molecule has 1 aromatic rings. The summed E-state index contributed by atoms with van der Waals surface area (Å²) < 4.78 is 0. The van der Waals surface area contributed by atoms with Gasteiger partial charge >= 0.3 is 6.03 Å². The fourth-order valence-corrected chi connectivity index (χ4v) is 2.35. The summed E-state index contributed by atoms with van der Waals surface area (Å²) in [6.45, 7) is 3.75. The minimum Gasteiger partial charge on any atom is -0.389 e. The Morgan fingerprint density at radius 1 is 1.45 bits per heavy atom. The molecule has 0 aliphatic heterocycles. The number of nitrogens with zero attached hydrogens (tertiary/aromatic N) is 1. The monoisotopic (exact) mass is 296 g/mol. The average molecular weight is 296 g/mol. The van der Waals surface area contributed by atoms with Crippen LogP contribution in [0.1, 0.15) is 31.9 Å². The van der Waals surface area contributed by atoms with Gasteiger partial charge < -0.3 is 15.3 Å². The summed E-state index contributed by atoms with van der Waals surface area (Å²) in [7, 11) is 1.80. The van der Waals surface area contributed by atoms with Gasteiger partial charge in [0.25, 0.3) is 0 Å². The zero-order valence-electron chi connectivity index (χ0n) is 12.6. The fraction of sp³-hybridized carbons (Fsp3) is 0.533. The predicted octanol–water partition coefficient (Wildman–Crippen LogP) is 3.35. The number of rotatable bonds is 6. The summed E-state index contributed by atoms with van der Waals surface area (Å²) in [6, 6.07) is 7.36. The highest BCUT2D eigenvalue weighted by atomic mass is 32.2. The first-order valence-electron chi connectivity index (χ1n) is 6.76. The van der Waals surface area contributed by atoms with Crippen LogP contribution < -0.4 is 5.32 Å². The second kappa shape index (κ2) is 8.17. The molecule has 0 radical (unpaired) electrons. The maximum atomic E-state index is 12.1. The quantitative estimate of drug-likeness (QED) is 0.846. The van der Waals surface area contributed by atoms with Crippen molar-refractivity contribution in [3.63, 3.8) is 0 Å². The summed E-state index contributed by atoms with van der Waals surface area (Å²) in [6.07, 6.45) is 2.50. The van der Waals surface area contributed by atoms with Crippen molar-refractivity contribution in [1.82, 2.24) is 4.90 Å². The first-order chi connectivity index (χ1) is 9.45. The van der Waals surface area contributed by atoms with Crippen molar-refractivity contribution in [2.24, 2.45) is 0 Å². The number of carbonyl (C=O) groups is 1. The molecule has 2 amide bonds. The molecular weight excluding hydrogens is 272 g/mol. The van der Waals surface area contributed by atoms with Crippen molar-refractivity contribution >= 4 is 23.5 Å². The van der Waals surface area contributed by atoms with Crippen LogP contribution in [0.5, 0.6) is 0 Å². The van der Waals surface area contributed by atoms with Gasteiger partial charge in [-0.3, -0.25) is 0 Å². The number of aliphatic hydroxyl groups is 1. The minimum atomic E-state index is -0.537. The van der Waals surface area contributed by atoms with E-state index >= 15 is 0 Å². The van der Waals surface area contributed by atoms with Crippen molar-refractivity contribution in [3.8, 4) is 0 Å². The van der Waals surface area contributed by atoms with Gasteiger partial charge in [-0.2, -0.15) is 11.8 Å². The number of urea groups is 1. The largest absolute Gasteiger partial charge is 0.389 e. The summed E-state index contributed by atoms with van der Waals surface area (Å²) in [5, 5.41) is 12.4. The van der Waals surface area contributed by atoms with Crippen LogP contribution in [0.15, 0.2) is 24.3 Å². The van der Waals surface area contributed by atoms with E-state index in [0.717, 1.165) is 17.7 Å². The third-order valence-electron chi connectivity index (χ3n) is 3.34. The Labute approximate surface area is 125 Å². The van der Waals surface area contributed by atoms with Crippen LogP contribution in [0.3, 0.4) is 0 Å². The smallest absolute Gasteiger partial charge is 0.321 e. The van der Waals surface area contributed by atoms with Gasteiger partial charge in [0, 0.05) is 18.8 Å². The van der Waals surface area contributed by atoms with E-state index in [9.17, 15) is 9.90 Å². The van der Waals surface area contributed by atoms with Crippen LogP contribution in [0.2, 0.25) is 0 Å². The highest BCUT2D eigenvalue weighted by Gasteiger charge is 2.15. The van der Waals surface area contributed by atoms with E-state index in [1.807, 2.05) is 25.1 Å². The molecule has 2 atom stereocenters. The Kier molecular flexibility index (Phi) is 6.88. The number of aliphatic hydroxyl groups excluding tert-OH is 1. The predicted molar refractivity (Wildman–Crippen MR) is 86.3 cm³/mol. The van der Waals surface area contributed by atoms with Crippen LogP contribution in [-0.2, 0) is 0 Å². The first kappa shape index (κ1) is 16.9. The molecular formula is C15H24N2O2S. The molecule has 0 aliphatic rings. The fourth-order valence-electron chi connectivity index (χ4n) is 1.77. The lowest BCUT2D eigenvalue weighted by molar-refractivity contribution is 0.199. The number of anilines is 1. The number of thioether (sulfide) groups is 1. The lowest BCUT2D eigenvalue weighted by Crippen LogP contribution is -2.38. The molecule has 4 nitrogen and oxygen atoms in total. The van der Waals surface area contributed by atoms with E-state index in [2.05, 4.69) is 11.6 Å². The first-order valence-corrected chi connectivity index (χ1v) is 8.16. The maximum absolute atomic E-state index is 12.1. The molecule has 2 unspecified atom stereocenters. The van der Waals surface area contributed by atoms with Crippen molar-refractivity contribution in [2.75, 3.05) is 24.4 Å². The lowest BCUT2D eigenvalue weighted by atomic mass is 10.1.